The third-order valence-corrected chi connectivity index (χ3v) is 5.96. The highest BCUT2D eigenvalue weighted by molar-refractivity contribution is 8.04. The van der Waals surface area contributed by atoms with Crippen molar-refractivity contribution in [2.24, 2.45) is 0 Å². The minimum Gasteiger partial charge on any atom is -0.376 e. The largest absolute Gasteiger partial charge is 0.376 e. The molecule has 0 radical (unpaired) electrons. The maximum absolute atomic E-state index is 13.2. The predicted molar refractivity (Wildman–Crippen MR) is 108 cm³/mol. The molecule has 1 fully saturated rings. The second-order valence-electron chi connectivity index (χ2n) is 6.78. The number of amides is 2. The molecule has 2 aromatic carbocycles. The Labute approximate surface area is 171 Å². The number of carbonyl (C=O) groups is 2. The van der Waals surface area contributed by atoms with E-state index >= 15 is 0 Å². The van der Waals surface area contributed by atoms with E-state index in [-0.39, 0.29) is 29.8 Å². The molecule has 148 valence electrons. The van der Waals surface area contributed by atoms with Crippen LogP contribution in [0.1, 0.15) is 18.4 Å². The standard InChI is InChI=1S/C21H18N2O5S/c24-20-18(14-8-10-15(11-9-14)23(26)27)19(29-17-6-2-1-3-7-17)21(25)22(20)13-16-5-4-12-28-16/h1-3,6-11,16H,4-5,12-13H2. The van der Waals surface area contributed by atoms with Gasteiger partial charge >= 0.3 is 0 Å². The molecule has 1 unspecified atom stereocenters. The van der Waals surface area contributed by atoms with E-state index in [9.17, 15) is 19.7 Å². The van der Waals surface area contributed by atoms with E-state index in [2.05, 4.69) is 0 Å². The summed E-state index contributed by atoms with van der Waals surface area (Å²) in [6, 6.07) is 15.0. The van der Waals surface area contributed by atoms with Gasteiger partial charge in [0.25, 0.3) is 17.5 Å². The minimum absolute atomic E-state index is 0.0698. The van der Waals surface area contributed by atoms with Crippen molar-refractivity contribution in [2.75, 3.05) is 13.2 Å². The first-order chi connectivity index (χ1) is 14.0. The Bertz CT molecular complexity index is 982. The molecule has 8 heteroatoms. The Morgan fingerprint density at radius 2 is 1.79 bits per heavy atom. The fraction of sp³-hybridized carbons (Fsp3) is 0.238. The van der Waals surface area contributed by atoms with Crippen molar-refractivity contribution in [3.05, 3.63) is 75.2 Å². The normalized spacial score (nSPS) is 19.3. The van der Waals surface area contributed by atoms with Crippen LogP contribution in [-0.2, 0) is 14.3 Å². The molecule has 1 atom stereocenters. The first-order valence-electron chi connectivity index (χ1n) is 9.24. The van der Waals surface area contributed by atoms with Crippen molar-refractivity contribution in [1.29, 1.82) is 0 Å². The van der Waals surface area contributed by atoms with Gasteiger partial charge in [-0.05, 0) is 42.7 Å². The molecule has 0 aromatic heterocycles. The summed E-state index contributed by atoms with van der Waals surface area (Å²) in [5.74, 6) is -0.745. The number of nitro benzene ring substituents is 1. The van der Waals surface area contributed by atoms with Crippen molar-refractivity contribution in [3.8, 4) is 0 Å². The van der Waals surface area contributed by atoms with E-state index in [0.717, 1.165) is 17.7 Å². The van der Waals surface area contributed by atoms with Crippen LogP contribution in [0.3, 0.4) is 0 Å². The Morgan fingerprint density at radius 1 is 1.07 bits per heavy atom. The number of hydrogen-bond acceptors (Lipinski definition) is 6. The molecular formula is C21H18N2O5S. The fourth-order valence-corrected chi connectivity index (χ4v) is 4.45. The van der Waals surface area contributed by atoms with Gasteiger partial charge in [-0.25, -0.2) is 0 Å². The number of hydrogen-bond donors (Lipinski definition) is 0. The zero-order valence-corrected chi connectivity index (χ0v) is 16.3. The predicted octanol–water partition coefficient (Wildman–Crippen LogP) is 3.65. The topological polar surface area (TPSA) is 89.8 Å². The van der Waals surface area contributed by atoms with Crippen molar-refractivity contribution >= 4 is 34.8 Å². The molecule has 0 bridgehead atoms. The smallest absolute Gasteiger partial charge is 0.269 e. The molecule has 2 amide bonds. The lowest BCUT2D eigenvalue weighted by Gasteiger charge is -2.19. The summed E-state index contributed by atoms with van der Waals surface area (Å²) in [5, 5.41) is 10.9. The van der Waals surface area contributed by atoms with Gasteiger partial charge in [-0.15, -0.1) is 0 Å². The lowest BCUT2D eigenvalue weighted by molar-refractivity contribution is -0.384. The SMILES string of the molecule is O=C1C(Sc2ccccc2)=C(c2ccc([N+](=O)[O-])cc2)C(=O)N1CC1CCCO1. The van der Waals surface area contributed by atoms with E-state index in [0.29, 0.717) is 17.1 Å². The van der Waals surface area contributed by atoms with Crippen molar-refractivity contribution in [2.45, 2.75) is 23.8 Å². The number of non-ortho nitro benzene ring substituents is 1. The molecule has 0 aliphatic carbocycles. The number of carbonyl (C=O) groups excluding carboxylic acids is 2. The van der Waals surface area contributed by atoms with Gasteiger partial charge in [0, 0.05) is 23.6 Å². The number of benzene rings is 2. The van der Waals surface area contributed by atoms with Gasteiger partial charge in [-0.1, -0.05) is 30.0 Å². The molecule has 2 aromatic rings. The van der Waals surface area contributed by atoms with Crippen LogP contribution in [0.2, 0.25) is 0 Å². The average molecular weight is 410 g/mol. The summed E-state index contributed by atoms with van der Waals surface area (Å²) in [4.78, 5) is 39.1. The van der Waals surface area contributed by atoms with Gasteiger partial charge in [-0.3, -0.25) is 24.6 Å². The van der Waals surface area contributed by atoms with Gasteiger partial charge in [0.15, 0.2) is 0 Å². The van der Waals surface area contributed by atoms with Gasteiger partial charge < -0.3 is 4.74 Å². The molecule has 1 saturated heterocycles. The third-order valence-electron chi connectivity index (χ3n) is 4.87. The highest BCUT2D eigenvalue weighted by atomic mass is 32.2. The van der Waals surface area contributed by atoms with Crippen LogP contribution in [0.5, 0.6) is 0 Å². The maximum Gasteiger partial charge on any atom is 0.269 e. The van der Waals surface area contributed by atoms with E-state index in [4.69, 9.17) is 4.74 Å². The molecular weight excluding hydrogens is 392 g/mol. The number of rotatable bonds is 6. The quantitative estimate of drug-likeness (QED) is 0.410. The first-order valence-corrected chi connectivity index (χ1v) is 10.1. The average Bonchev–Trinajstić information content (AvgIpc) is 3.32. The molecule has 0 N–H and O–H groups in total. The Balaban J connectivity index is 1.71. The lowest BCUT2D eigenvalue weighted by atomic mass is 10.1. The molecule has 0 spiro atoms. The second-order valence-corrected chi connectivity index (χ2v) is 7.86. The molecule has 29 heavy (non-hydrogen) atoms. The van der Waals surface area contributed by atoms with E-state index in [1.165, 1.54) is 40.9 Å². The fourth-order valence-electron chi connectivity index (χ4n) is 3.42. The van der Waals surface area contributed by atoms with Crippen LogP contribution in [0.25, 0.3) is 5.57 Å². The summed E-state index contributed by atoms with van der Waals surface area (Å²) in [6.45, 7) is 0.849. The van der Waals surface area contributed by atoms with E-state index in [1.807, 2.05) is 30.3 Å². The Kier molecular flexibility index (Phi) is 5.46. The minimum atomic E-state index is -0.497. The highest BCUT2D eigenvalue weighted by Crippen LogP contribution is 2.40. The van der Waals surface area contributed by atoms with Crippen molar-refractivity contribution in [3.63, 3.8) is 0 Å². The third kappa shape index (κ3) is 3.94. The second kappa shape index (κ2) is 8.18. The molecule has 2 aliphatic heterocycles. The van der Waals surface area contributed by atoms with Crippen LogP contribution >= 0.6 is 11.8 Å². The Hall–Kier alpha value is -2.97. The summed E-state index contributed by atoms with van der Waals surface area (Å²) in [7, 11) is 0. The number of nitrogens with zero attached hydrogens (tertiary/aromatic N) is 2. The summed E-state index contributed by atoms with van der Waals surface area (Å²) < 4.78 is 5.60. The maximum atomic E-state index is 13.2. The van der Waals surface area contributed by atoms with Crippen LogP contribution in [0, 0.1) is 10.1 Å². The molecule has 2 aliphatic rings. The number of thioether (sulfide) groups is 1. The first kappa shape index (κ1) is 19.4. The summed E-state index contributed by atoms with van der Waals surface area (Å²) in [5.41, 5.74) is 0.693. The summed E-state index contributed by atoms with van der Waals surface area (Å²) >= 11 is 1.23. The zero-order valence-electron chi connectivity index (χ0n) is 15.4. The number of ether oxygens (including phenoxy) is 1. The number of nitro groups is 1. The van der Waals surface area contributed by atoms with E-state index in [1.54, 1.807) is 0 Å². The lowest BCUT2D eigenvalue weighted by Crippen LogP contribution is -2.37. The van der Waals surface area contributed by atoms with E-state index < -0.39 is 10.8 Å². The monoisotopic (exact) mass is 410 g/mol. The van der Waals surface area contributed by atoms with Crippen LogP contribution in [-0.4, -0.2) is 40.9 Å². The molecule has 2 heterocycles. The highest BCUT2D eigenvalue weighted by Gasteiger charge is 2.41. The summed E-state index contributed by atoms with van der Waals surface area (Å²) in [6.07, 6.45) is 1.57. The van der Waals surface area contributed by atoms with Gasteiger partial charge in [0.05, 0.1) is 28.1 Å². The molecule has 7 nitrogen and oxygen atoms in total. The van der Waals surface area contributed by atoms with Crippen molar-refractivity contribution < 1.29 is 19.2 Å². The van der Waals surface area contributed by atoms with Crippen LogP contribution in [0.15, 0.2) is 64.4 Å². The molecule has 4 rings (SSSR count). The molecule has 0 saturated carbocycles. The van der Waals surface area contributed by atoms with Gasteiger partial charge in [0.1, 0.15) is 0 Å². The van der Waals surface area contributed by atoms with Crippen molar-refractivity contribution in [1.82, 2.24) is 4.90 Å². The van der Waals surface area contributed by atoms with Crippen LogP contribution in [0.4, 0.5) is 5.69 Å². The van der Waals surface area contributed by atoms with Gasteiger partial charge in [-0.2, -0.15) is 0 Å². The van der Waals surface area contributed by atoms with Gasteiger partial charge in [0.2, 0.25) is 0 Å². The Morgan fingerprint density at radius 3 is 2.41 bits per heavy atom. The van der Waals surface area contributed by atoms with Crippen LogP contribution < -0.4 is 0 Å². The zero-order chi connectivity index (χ0) is 20.4. The number of imide groups is 1.